The van der Waals surface area contributed by atoms with Crippen molar-refractivity contribution < 1.29 is 4.79 Å². The third-order valence-electron chi connectivity index (χ3n) is 0.407. The van der Waals surface area contributed by atoms with Crippen molar-refractivity contribution >= 4 is 29.3 Å². The topological polar surface area (TPSA) is 17.1 Å². The van der Waals surface area contributed by atoms with Gasteiger partial charge in [0.15, 0.2) is 0 Å². The van der Waals surface area contributed by atoms with Crippen LogP contribution in [0.3, 0.4) is 0 Å². The van der Waals surface area contributed by atoms with Gasteiger partial charge in [0.1, 0.15) is 6.29 Å². The van der Waals surface area contributed by atoms with Crippen molar-refractivity contribution in [3.63, 3.8) is 0 Å². The smallest absolute Gasteiger partial charge is 0.303 e. The lowest BCUT2D eigenvalue weighted by Gasteiger charge is -1.68. The van der Waals surface area contributed by atoms with Crippen LogP contribution in [0.25, 0.3) is 0 Å². The van der Waals surface area contributed by atoms with E-state index in [9.17, 15) is 4.79 Å². The predicted octanol–water partition coefficient (Wildman–Crippen LogP) is 0.0692. The fraction of sp³-hybridized carbons (Fsp3) is 0.750. The summed E-state index contributed by atoms with van der Waals surface area (Å²) in [7, 11) is 0. The van der Waals surface area contributed by atoms with Crippen LogP contribution in [0.5, 0.6) is 0 Å². The zero-order valence-corrected chi connectivity index (χ0v) is 3.40. The normalized spacial score (nSPS) is 6.17. The Balaban J connectivity index is 0. The summed E-state index contributed by atoms with van der Waals surface area (Å²) in [5, 5.41) is 0. The molecule has 6 heavy (non-hydrogen) atoms. The summed E-state index contributed by atoms with van der Waals surface area (Å²) in [5.41, 5.74) is 0. The van der Waals surface area contributed by atoms with Gasteiger partial charge in [-0.05, 0) is 6.42 Å². The minimum absolute atomic E-state index is 0. The minimum atomic E-state index is 0. The van der Waals surface area contributed by atoms with Gasteiger partial charge in [-0.3, -0.25) is 0 Å². The molecule has 0 atom stereocenters. The Kier molecular flexibility index (Phi) is 14.6. The van der Waals surface area contributed by atoms with Crippen molar-refractivity contribution in [3.05, 3.63) is 0 Å². The van der Waals surface area contributed by atoms with Crippen LogP contribution in [0, 0.1) is 0 Å². The van der Waals surface area contributed by atoms with Crippen LogP contribution in [-0.2, 0) is 4.79 Å². The quantitative estimate of drug-likeness (QED) is 0.353. The van der Waals surface area contributed by atoms with Crippen LogP contribution in [0.15, 0.2) is 0 Å². The highest BCUT2D eigenvalue weighted by Gasteiger charge is 1.66. The average Bonchev–Trinajstić information content (AvgIpc) is 1.41. The standard InChI is InChI=1S/C4H8O.Mg.2H/c1-2-3-4-5;;;/h4H,2-3H2,1H3;;;. The lowest BCUT2D eigenvalue weighted by Crippen LogP contribution is -1.64. The number of carbonyl (C=O) groups is 1. The van der Waals surface area contributed by atoms with Gasteiger partial charge >= 0.3 is 23.1 Å². The molecule has 0 aliphatic rings. The predicted molar refractivity (Wildman–Crippen MR) is 29.5 cm³/mol. The molecule has 0 unspecified atom stereocenters. The maximum Gasteiger partial charge on any atom is 0.316 e. The molecule has 0 rings (SSSR count). The lowest BCUT2D eigenvalue weighted by atomic mass is 10.4. The Morgan fingerprint density at radius 1 is 1.67 bits per heavy atom. The van der Waals surface area contributed by atoms with Gasteiger partial charge in [0.25, 0.3) is 0 Å². The Morgan fingerprint density at radius 2 is 2.17 bits per heavy atom. The maximum atomic E-state index is 9.40. The van der Waals surface area contributed by atoms with Crippen LogP contribution >= 0.6 is 0 Å². The Labute approximate surface area is 54.3 Å². The molecule has 0 bridgehead atoms. The largest absolute Gasteiger partial charge is 0.316 e. The molecule has 34 valence electrons. The maximum absolute atomic E-state index is 9.40. The Morgan fingerprint density at radius 3 is 2.17 bits per heavy atom. The molecule has 2 heteroatoms. The second-order valence-electron chi connectivity index (χ2n) is 0.955. The van der Waals surface area contributed by atoms with E-state index in [1.54, 1.807) is 0 Å². The fourth-order valence-electron chi connectivity index (χ4n) is 0.118. The van der Waals surface area contributed by atoms with Crippen LogP contribution in [0.2, 0.25) is 0 Å². The highest BCUT2D eigenvalue weighted by Crippen LogP contribution is 1.74. The van der Waals surface area contributed by atoms with Gasteiger partial charge in [-0.15, -0.1) is 0 Å². The molecule has 0 aliphatic carbocycles. The van der Waals surface area contributed by atoms with Crippen LogP contribution in [0.4, 0.5) is 0 Å². The summed E-state index contributed by atoms with van der Waals surface area (Å²) in [6.07, 6.45) is 2.61. The highest BCUT2D eigenvalue weighted by atomic mass is 24.3. The molecule has 0 aromatic heterocycles. The summed E-state index contributed by atoms with van der Waals surface area (Å²) in [6.45, 7) is 1.98. The first-order valence-corrected chi connectivity index (χ1v) is 1.85. The molecule has 0 amide bonds. The van der Waals surface area contributed by atoms with E-state index >= 15 is 0 Å². The van der Waals surface area contributed by atoms with Gasteiger partial charge in [-0.1, -0.05) is 6.92 Å². The highest BCUT2D eigenvalue weighted by molar-refractivity contribution is 5.75. The molecule has 0 aromatic carbocycles. The van der Waals surface area contributed by atoms with Crippen LogP contribution < -0.4 is 0 Å². The van der Waals surface area contributed by atoms with Gasteiger partial charge in [0.2, 0.25) is 0 Å². The first-order valence-electron chi connectivity index (χ1n) is 1.85. The van der Waals surface area contributed by atoms with Gasteiger partial charge < -0.3 is 4.79 Å². The molecule has 0 aromatic rings. The molecule has 0 radical (unpaired) electrons. The molecular formula is C4H10MgO. The number of hydrogen-bond acceptors (Lipinski definition) is 1. The van der Waals surface area contributed by atoms with E-state index in [4.69, 9.17) is 0 Å². The number of aldehydes is 1. The zero-order chi connectivity index (χ0) is 4.12. The molecule has 0 fully saturated rings. The van der Waals surface area contributed by atoms with Gasteiger partial charge in [0, 0.05) is 6.42 Å². The van der Waals surface area contributed by atoms with Crippen molar-refractivity contribution in [1.82, 2.24) is 0 Å². The van der Waals surface area contributed by atoms with E-state index in [0.29, 0.717) is 6.42 Å². The second kappa shape index (κ2) is 9.06. The van der Waals surface area contributed by atoms with Gasteiger partial charge in [-0.2, -0.15) is 0 Å². The SMILES string of the molecule is CCCC=O.[MgH2]. The Hall–Kier alpha value is 0.436. The van der Waals surface area contributed by atoms with E-state index in [1.165, 1.54) is 0 Å². The number of hydrogen-bond donors (Lipinski definition) is 0. The molecule has 0 aliphatic heterocycles. The summed E-state index contributed by atoms with van der Waals surface area (Å²) in [4.78, 5) is 9.40. The average molecular weight is 98.4 g/mol. The van der Waals surface area contributed by atoms with E-state index < -0.39 is 0 Å². The summed E-state index contributed by atoms with van der Waals surface area (Å²) >= 11 is 0. The van der Waals surface area contributed by atoms with Gasteiger partial charge in [-0.25, -0.2) is 0 Å². The Bertz CT molecular complexity index is 28.7. The van der Waals surface area contributed by atoms with Crippen LogP contribution in [-0.4, -0.2) is 29.3 Å². The monoisotopic (exact) mass is 98.1 g/mol. The summed E-state index contributed by atoms with van der Waals surface area (Å²) in [6, 6.07) is 0. The van der Waals surface area contributed by atoms with Crippen molar-refractivity contribution in [1.29, 1.82) is 0 Å². The van der Waals surface area contributed by atoms with Crippen molar-refractivity contribution in [2.75, 3.05) is 0 Å². The first-order chi connectivity index (χ1) is 2.41. The van der Waals surface area contributed by atoms with E-state index in [-0.39, 0.29) is 23.1 Å². The number of unbranched alkanes of at least 4 members (excludes halogenated alkanes) is 1. The van der Waals surface area contributed by atoms with Crippen molar-refractivity contribution in [3.8, 4) is 0 Å². The number of carbonyl (C=O) groups excluding carboxylic acids is 1. The fourth-order valence-corrected chi connectivity index (χ4v) is 0.118. The van der Waals surface area contributed by atoms with E-state index in [0.717, 1.165) is 12.7 Å². The van der Waals surface area contributed by atoms with E-state index in [1.807, 2.05) is 6.92 Å². The molecule has 0 heterocycles. The van der Waals surface area contributed by atoms with Crippen LogP contribution in [0.1, 0.15) is 19.8 Å². The summed E-state index contributed by atoms with van der Waals surface area (Å²) in [5.74, 6) is 0. The van der Waals surface area contributed by atoms with E-state index in [2.05, 4.69) is 0 Å². The van der Waals surface area contributed by atoms with Crippen molar-refractivity contribution in [2.45, 2.75) is 19.8 Å². The van der Waals surface area contributed by atoms with Crippen molar-refractivity contribution in [2.24, 2.45) is 0 Å². The molecule has 0 saturated carbocycles. The molecule has 1 nitrogen and oxygen atoms in total. The lowest BCUT2D eigenvalue weighted by molar-refractivity contribution is -0.107. The molecule has 0 saturated heterocycles. The van der Waals surface area contributed by atoms with Gasteiger partial charge in [0.05, 0.1) is 0 Å². The zero-order valence-electron chi connectivity index (χ0n) is 3.40. The first kappa shape index (κ1) is 9.66. The molecule has 0 spiro atoms. The second-order valence-corrected chi connectivity index (χ2v) is 0.955. The summed E-state index contributed by atoms with van der Waals surface area (Å²) < 4.78 is 0. The third-order valence-corrected chi connectivity index (χ3v) is 0.407. The number of rotatable bonds is 2. The molecular weight excluding hydrogens is 88.3 g/mol. The third kappa shape index (κ3) is 8.83. The minimum Gasteiger partial charge on any atom is -0.303 e. The molecule has 0 N–H and O–H groups in total.